The Morgan fingerprint density at radius 3 is 2.35 bits per heavy atom. The van der Waals surface area contributed by atoms with Gasteiger partial charge < -0.3 is 15.4 Å². The van der Waals surface area contributed by atoms with Crippen LogP contribution in [0.3, 0.4) is 0 Å². The van der Waals surface area contributed by atoms with Gasteiger partial charge in [-0.3, -0.25) is 14.6 Å². The van der Waals surface area contributed by atoms with E-state index in [1.165, 1.54) is 12.5 Å². The fraction of sp³-hybridized carbons (Fsp3) is 0.435. The number of nitrogens with zero attached hydrogens (tertiary/aromatic N) is 3. The molecule has 2 fully saturated rings. The number of carbonyl (C=O) groups excluding carboxylic acids is 1. The van der Waals surface area contributed by atoms with Crippen LogP contribution >= 0.6 is 23.2 Å². The minimum absolute atomic E-state index is 0.136. The number of hydrogen-bond acceptors (Lipinski definition) is 6. The third kappa shape index (κ3) is 5.44. The van der Waals surface area contributed by atoms with Gasteiger partial charge in [0.05, 0.1) is 24.0 Å². The number of anilines is 2. The zero-order valence-electron chi connectivity index (χ0n) is 17.6. The lowest BCUT2D eigenvalue weighted by molar-refractivity contribution is -0.148. The molecule has 0 spiro atoms. The topological polar surface area (TPSA) is 62.0 Å². The molecule has 31 heavy (non-hydrogen) atoms. The first-order valence-electron chi connectivity index (χ1n) is 10.6. The van der Waals surface area contributed by atoms with E-state index < -0.39 is 0 Å². The summed E-state index contributed by atoms with van der Waals surface area (Å²) in [5.41, 5.74) is 9.05. The molecule has 8 heteroatoms. The number of piperazine rings is 1. The van der Waals surface area contributed by atoms with Crippen molar-refractivity contribution in [1.29, 1.82) is 0 Å². The van der Waals surface area contributed by atoms with Crippen molar-refractivity contribution in [1.82, 2.24) is 9.80 Å². The molecule has 2 atom stereocenters. The predicted octanol–water partition coefficient (Wildman–Crippen LogP) is 3.51. The summed E-state index contributed by atoms with van der Waals surface area (Å²) >= 11 is 12.1. The van der Waals surface area contributed by atoms with Crippen molar-refractivity contribution in [3.05, 3.63) is 58.1 Å². The van der Waals surface area contributed by atoms with Gasteiger partial charge in [-0.2, -0.15) is 0 Å². The fourth-order valence-electron chi connectivity index (χ4n) is 4.55. The predicted molar refractivity (Wildman–Crippen MR) is 126 cm³/mol. The van der Waals surface area contributed by atoms with Crippen molar-refractivity contribution in [2.45, 2.75) is 25.6 Å². The van der Waals surface area contributed by atoms with Crippen LogP contribution in [0, 0.1) is 0 Å². The number of rotatable bonds is 5. The van der Waals surface area contributed by atoms with Crippen LogP contribution in [0.1, 0.15) is 12.5 Å². The summed E-state index contributed by atoms with van der Waals surface area (Å²) in [4.78, 5) is 18.8. The van der Waals surface area contributed by atoms with Crippen LogP contribution < -0.4 is 10.6 Å². The summed E-state index contributed by atoms with van der Waals surface area (Å²) in [7, 11) is 0. The second-order valence-electron chi connectivity index (χ2n) is 8.26. The smallest absolute Gasteiger partial charge is 0.303 e. The zero-order chi connectivity index (χ0) is 22.0. The standard InChI is InChI=1S/C23H28Cl2N4O2/c1-16(30)31-23-15-29(21-7-6-19(25)12-20(21)26)14-22(23)28-10-8-27(9-11-28)13-17-2-4-18(24)5-3-17/h2-7,12,22-23H,8-11,13-15,26H2,1H3/t22-,23-/m1/s1. The number of benzene rings is 2. The van der Waals surface area contributed by atoms with Crippen LogP contribution in [0.15, 0.2) is 42.5 Å². The van der Waals surface area contributed by atoms with Gasteiger partial charge in [0.25, 0.3) is 0 Å². The Morgan fingerprint density at radius 2 is 1.71 bits per heavy atom. The molecule has 2 saturated heterocycles. The monoisotopic (exact) mass is 462 g/mol. The van der Waals surface area contributed by atoms with Crippen LogP contribution in [-0.2, 0) is 16.1 Å². The van der Waals surface area contributed by atoms with E-state index in [1.807, 2.05) is 24.3 Å². The molecule has 4 rings (SSSR count). The first-order valence-corrected chi connectivity index (χ1v) is 11.3. The van der Waals surface area contributed by atoms with Crippen molar-refractivity contribution in [3.8, 4) is 0 Å². The van der Waals surface area contributed by atoms with Gasteiger partial charge in [0.15, 0.2) is 0 Å². The number of nitrogens with two attached hydrogens (primary N) is 1. The third-order valence-electron chi connectivity index (χ3n) is 6.08. The highest BCUT2D eigenvalue weighted by molar-refractivity contribution is 6.31. The number of hydrogen-bond donors (Lipinski definition) is 1. The molecule has 2 aromatic carbocycles. The Balaban J connectivity index is 1.40. The van der Waals surface area contributed by atoms with E-state index >= 15 is 0 Å². The Bertz CT molecular complexity index is 916. The molecule has 2 heterocycles. The second-order valence-corrected chi connectivity index (χ2v) is 9.13. The molecule has 0 aromatic heterocycles. The molecule has 0 unspecified atom stereocenters. The van der Waals surface area contributed by atoms with Gasteiger partial charge in [-0.1, -0.05) is 35.3 Å². The summed E-state index contributed by atoms with van der Waals surface area (Å²) in [6, 6.07) is 13.7. The lowest BCUT2D eigenvalue weighted by Crippen LogP contribution is -2.54. The highest BCUT2D eigenvalue weighted by atomic mass is 35.5. The highest BCUT2D eigenvalue weighted by Gasteiger charge is 2.40. The SMILES string of the molecule is CC(=O)O[C@@H]1CN(c2ccc(Cl)cc2N)C[C@H]1N1CCN(Cc2ccc(Cl)cc2)CC1. The lowest BCUT2D eigenvalue weighted by atomic mass is 10.1. The van der Waals surface area contributed by atoms with Crippen LogP contribution in [-0.4, -0.2) is 67.2 Å². The molecule has 2 aromatic rings. The number of esters is 1. The minimum atomic E-state index is -0.248. The Morgan fingerprint density at radius 1 is 1.03 bits per heavy atom. The van der Waals surface area contributed by atoms with E-state index in [-0.39, 0.29) is 18.1 Å². The molecule has 166 valence electrons. The van der Waals surface area contributed by atoms with Crippen molar-refractivity contribution < 1.29 is 9.53 Å². The fourth-order valence-corrected chi connectivity index (χ4v) is 4.85. The molecule has 2 aliphatic heterocycles. The molecule has 0 radical (unpaired) electrons. The van der Waals surface area contributed by atoms with Crippen LogP contribution in [0.25, 0.3) is 0 Å². The van der Waals surface area contributed by atoms with Crippen molar-refractivity contribution in [2.75, 3.05) is 49.9 Å². The molecular formula is C23H28Cl2N4O2. The normalized spacial score (nSPS) is 22.6. The summed E-state index contributed by atoms with van der Waals surface area (Å²) in [5.74, 6) is -0.248. The lowest BCUT2D eigenvalue weighted by Gasteiger charge is -2.39. The average molecular weight is 463 g/mol. The van der Waals surface area contributed by atoms with E-state index in [2.05, 4.69) is 26.8 Å². The Labute approximate surface area is 193 Å². The van der Waals surface area contributed by atoms with Crippen molar-refractivity contribution >= 4 is 40.5 Å². The van der Waals surface area contributed by atoms with Crippen molar-refractivity contribution in [3.63, 3.8) is 0 Å². The first kappa shape index (κ1) is 22.2. The Kier molecular flexibility index (Phi) is 6.92. The number of ether oxygens (including phenoxy) is 1. The van der Waals surface area contributed by atoms with Crippen LogP contribution in [0.2, 0.25) is 10.0 Å². The van der Waals surface area contributed by atoms with Gasteiger partial charge in [0, 0.05) is 56.2 Å². The second kappa shape index (κ2) is 9.65. The van der Waals surface area contributed by atoms with Crippen LogP contribution in [0.4, 0.5) is 11.4 Å². The summed E-state index contributed by atoms with van der Waals surface area (Å²) in [5, 5.41) is 1.38. The molecule has 2 N–H and O–H groups in total. The maximum atomic E-state index is 11.7. The van der Waals surface area contributed by atoms with E-state index in [9.17, 15) is 4.79 Å². The molecule has 0 bridgehead atoms. The maximum Gasteiger partial charge on any atom is 0.303 e. The zero-order valence-corrected chi connectivity index (χ0v) is 19.1. The van der Waals surface area contributed by atoms with Gasteiger partial charge in [-0.25, -0.2) is 0 Å². The highest BCUT2D eigenvalue weighted by Crippen LogP contribution is 2.32. The minimum Gasteiger partial charge on any atom is -0.459 e. The van der Waals surface area contributed by atoms with E-state index in [0.29, 0.717) is 17.3 Å². The van der Waals surface area contributed by atoms with Gasteiger partial charge in [-0.05, 0) is 35.9 Å². The maximum absolute atomic E-state index is 11.7. The van der Waals surface area contributed by atoms with E-state index in [1.54, 1.807) is 6.07 Å². The van der Waals surface area contributed by atoms with Gasteiger partial charge in [0.2, 0.25) is 0 Å². The number of nitrogen functional groups attached to an aromatic ring is 1. The quantitative estimate of drug-likeness (QED) is 0.541. The summed E-state index contributed by atoms with van der Waals surface area (Å²) < 4.78 is 5.71. The van der Waals surface area contributed by atoms with Gasteiger partial charge in [-0.15, -0.1) is 0 Å². The van der Waals surface area contributed by atoms with E-state index in [4.69, 9.17) is 33.7 Å². The van der Waals surface area contributed by atoms with Crippen molar-refractivity contribution in [2.24, 2.45) is 0 Å². The number of halogens is 2. The Hall–Kier alpha value is -1.99. The molecule has 2 aliphatic rings. The first-order chi connectivity index (χ1) is 14.9. The van der Waals surface area contributed by atoms with Crippen LogP contribution in [0.5, 0.6) is 0 Å². The summed E-state index contributed by atoms with van der Waals surface area (Å²) in [6.45, 7) is 7.57. The molecular weight excluding hydrogens is 435 g/mol. The number of carbonyl (C=O) groups is 1. The molecule has 0 amide bonds. The molecule has 0 aliphatic carbocycles. The molecule has 0 saturated carbocycles. The molecule has 6 nitrogen and oxygen atoms in total. The largest absolute Gasteiger partial charge is 0.459 e. The van der Waals surface area contributed by atoms with E-state index in [0.717, 1.165) is 50.0 Å². The average Bonchev–Trinajstić information content (AvgIpc) is 3.13. The summed E-state index contributed by atoms with van der Waals surface area (Å²) in [6.07, 6.45) is -0.185. The van der Waals surface area contributed by atoms with Gasteiger partial charge >= 0.3 is 5.97 Å². The third-order valence-corrected chi connectivity index (χ3v) is 6.57. The van der Waals surface area contributed by atoms with Gasteiger partial charge in [0.1, 0.15) is 6.10 Å².